The van der Waals surface area contributed by atoms with Crippen molar-refractivity contribution in [3.8, 4) is 11.3 Å². The molecular weight excluding hydrogens is 310 g/mol. The first-order valence-corrected chi connectivity index (χ1v) is 8.52. The van der Waals surface area contributed by atoms with Gasteiger partial charge in [-0.05, 0) is 18.9 Å². The molecule has 0 aliphatic heterocycles. The topological polar surface area (TPSA) is 56.1 Å². The lowest BCUT2D eigenvalue weighted by Gasteiger charge is -2.12. The zero-order chi connectivity index (χ0) is 16.7. The summed E-state index contributed by atoms with van der Waals surface area (Å²) in [5.41, 5.74) is 2.16. The monoisotopic (exact) mass is 333 g/mol. The highest BCUT2D eigenvalue weighted by Crippen LogP contribution is 2.27. The lowest BCUT2D eigenvalue weighted by Crippen LogP contribution is -2.32. The number of hydrogen-bond acceptors (Lipinski definition) is 4. The summed E-state index contributed by atoms with van der Waals surface area (Å²) < 4.78 is 6.99. The Morgan fingerprint density at radius 2 is 2.13 bits per heavy atom. The molecule has 1 aromatic heterocycles. The molecule has 2 rings (SSSR count). The van der Waals surface area contributed by atoms with Gasteiger partial charge in [0.25, 0.3) is 0 Å². The van der Waals surface area contributed by atoms with E-state index in [1.807, 2.05) is 42.9 Å². The highest BCUT2D eigenvalue weighted by molar-refractivity contribution is 8.00. The Morgan fingerprint density at radius 1 is 1.39 bits per heavy atom. The molecular formula is C17H23N3O2S. The van der Waals surface area contributed by atoms with E-state index in [1.54, 1.807) is 7.11 Å². The molecule has 0 radical (unpaired) electrons. The van der Waals surface area contributed by atoms with Crippen LogP contribution in [0.1, 0.15) is 13.3 Å². The summed E-state index contributed by atoms with van der Waals surface area (Å²) in [5, 5.41) is 3.56. The van der Waals surface area contributed by atoms with Crippen molar-refractivity contribution in [2.75, 3.05) is 20.3 Å². The predicted molar refractivity (Wildman–Crippen MR) is 93.5 cm³/mol. The van der Waals surface area contributed by atoms with Crippen molar-refractivity contribution < 1.29 is 9.53 Å². The number of aromatic nitrogens is 2. The number of amides is 1. The maximum atomic E-state index is 12.1. The second-order valence-electron chi connectivity index (χ2n) is 5.25. The van der Waals surface area contributed by atoms with Crippen molar-refractivity contribution in [3.05, 3.63) is 36.5 Å². The Labute approximate surface area is 141 Å². The number of imidazole rings is 1. The van der Waals surface area contributed by atoms with Crippen LogP contribution in [0.4, 0.5) is 0 Å². The second-order valence-corrected chi connectivity index (χ2v) is 6.56. The van der Waals surface area contributed by atoms with Crippen molar-refractivity contribution >= 4 is 17.7 Å². The van der Waals surface area contributed by atoms with E-state index in [0.717, 1.165) is 22.8 Å². The first kappa shape index (κ1) is 17.6. The third kappa shape index (κ3) is 4.84. The normalized spacial score (nSPS) is 12.1. The molecule has 1 heterocycles. The van der Waals surface area contributed by atoms with Gasteiger partial charge in [0.2, 0.25) is 5.91 Å². The molecule has 1 amide bonds. The van der Waals surface area contributed by atoms with Crippen molar-refractivity contribution in [3.63, 3.8) is 0 Å². The van der Waals surface area contributed by atoms with Crippen LogP contribution in [0, 0.1) is 0 Å². The molecule has 0 saturated heterocycles. The first-order valence-electron chi connectivity index (χ1n) is 7.64. The number of nitrogens with zero attached hydrogens (tertiary/aromatic N) is 2. The summed E-state index contributed by atoms with van der Waals surface area (Å²) in [6.07, 6.45) is 2.67. The molecule has 0 spiro atoms. The first-order chi connectivity index (χ1) is 11.1. The summed E-state index contributed by atoms with van der Waals surface area (Å²) in [4.78, 5) is 16.5. The van der Waals surface area contributed by atoms with Gasteiger partial charge in [0.05, 0.1) is 17.1 Å². The molecule has 1 aromatic carbocycles. The van der Waals surface area contributed by atoms with Gasteiger partial charge in [-0.2, -0.15) is 0 Å². The number of nitrogens with one attached hydrogen (secondary N) is 1. The van der Waals surface area contributed by atoms with Gasteiger partial charge in [-0.25, -0.2) is 4.98 Å². The summed E-state index contributed by atoms with van der Waals surface area (Å²) >= 11 is 1.47. The molecule has 0 aliphatic carbocycles. The third-order valence-corrected chi connectivity index (χ3v) is 4.65. The Morgan fingerprint density at radius 3 is 2.83 bits per heavy atom. The number of carbonyl (C=O) groups excluding carboxylic acids is 1. The van der Waals surface area contributed by atoms with Crippen molar-refractivity contribution in [1.29, 1.82) is 0 Å². The van der Waals surface area contributed by atoms with Crippen LogP contribution in [0.5, 0.6) is 0 Å². The Hall–Kier alpha value is -1.79. The molecule has 23 heavy (non-hydrogen) atoms. The highest BCUT2D eigenvalue weighted by atomic mass is 32.2. The van der Waals surface area contributed by atoms with Gasteiger partial charge in [0.1, 0.15) is 0 Å². The van der Waals surface area contributed by atoms with Crippen LogP contribution in [0.25, 0.3) is 11.3 Å². The molecule has 6 heteroatoms. The van der Waals surface area contributed by atoms with Gasteiger partial charge in [0.15, 0.2) is 5.16 Å². The quantitative estimate of drug-likeness (QED) is 0.596. The molecule has 1 unspecified atom stereocenters. The van der Waals surface area contributed by atoms with Crippen LogP contribution in [0.2, 0.25) is 0 Å². The van der Waals surface area contributed by atoms with E-state index in [1.165, 1.54) is 11.8 Å². The zero-order valence-electron chi connectivity index (χ0n) is 13.8. The molecule has 124 valence electrons. The van der Waals surface area contributed by atoms with Crippen LogP contribution < -0.4 is 5.32 Å². The Bertz CT molecular complexity index is 628. The number of methoxy groups -OCH3 is 1. The standard InChI is InChI=1S/C17H23N3O2S/c1-13(16(21)18-10-7-11-22-3)23-17-19-12-15(20(17)2)14-8-5-4-6-9-14/h4-6,8-9,12-13H,7,10-11H2,1-3H3,(H,18,21). The zero-order valence-corrected chi connectivity index (χ0v) is 14.6. The highest BCUT2D eigenvalue weighted by Gasteiger charge is 2.17. The number of thioether (sulfide) groups is 1. The van der Waals surface area contributed by atoms with Crippen molar-refractivity contribution in [2.45, 2.75) is 23.8 Å². The smallest absolute Gasteiger partial charge is 0.233 e. The number of ether oxygens (including phenoxy) is 1. The van der Waals surface area contributed by atoms with Crippen LogP contribution >= 0.6 is 11.8 Å². The van der Waals surface area contributed by atoms with E-state index in [0.29, 0.717) is 13.2 Å². The van der Waals surface area contributed by atoms with Crippen LogP contribution in [0.15, 0.2) is 41.7 Å². The average molecular weight is 333 g/mol. The Kier molecular flexibility index (Phi) is 6.67. The molecule has 0 saturated carbocycles. The molecule has 0 fully saturated rings. The molecule has 2 aromatic rings. The summed E-state index contributed by atoms with van der Waals surface area (Å²) in [5.74, 6) is 0.0235. The molecule has 0 bridgehead atoms. The number of carbonyl (C=O) groups is 1. The van der Waals surface area contributed by atoms with Crippen LogP contribution in [-0.2, 0) is 16.6 Å². The maximum Gasteiger partial charge on any atom is 0.233 e. The number of rotatable bonds is 8. The largest absolute Gasteiger partial charge is 0.385 e. The molecule has 5 nitrogen and oxygen atoms in total. The lowest BCUT2D eigenvalue weighted by molar-refractivity contribution is -0.120. The second kappa shape index (κ2) is 8.74. The third-order valence-electron chi connectivity index (χ3n) is 3.49. The van der Waals surface area contributed by atoms with Gasteiger partial charge < -0.3 is 14.6 Å². The SMILES string of the molecule is COCCCNC(=O)C(C)Sc1ncc(-c2ccccc2)n1C. The van der Waals surface area contributed by atoms with E-state index in [4.69, 9.17) is 4.74 Å². The average Bonchev–Trinajstić information content (AvgIpc) is 2.93. The van der Waals surface area contributed by atoms with Gasteiger partial charge >= 0.3 is 0 Å². The van der Waals surface area contributed by atoms with Crippen LogP contribution in [-0.4, -0.2) is 41.0 Å². The van der Waals surface area contributed by atoms with E-state index in [9.17, 15) is 4.79 Å². The fourth-order valence-electron chi connectivity index (χ4n) is 2.16. The van der Waals surface area contributed by atoms with Gasteiger partial charge in [-0.3, -0.25) is 4.79 Å². The minimum absolute atomic E-state index is 0.0235. The fourth-order valence-corrected chi connectivity index (χ4v) is 3.04. The molecule has 0 aliphatic rings. The lowest BCUT2D eigenvalue weighted by atomic mass is 10.2. The predicted octanol–water partition coefficient (Wildman–Crippen LogP) is 2.72. The maximum absolute atomic E-state index is 12.1. The van der Waals surface area contributed by atoms with E-state index in [-0.39, 0.29) is 11.2 Å². The Balaban J connectivity index is 1.95. The van der Waals surface area contributed by atoms with E-state index < -0.39 is 0 Å². The minimum atomic E-state index is -0.192. The van der Waals surface area contributed by atoms with Gasteiger partial charge in [-0.15, -0.1) is 0 Å². The number of benzene rings is 1. The van der Waals surface area contributed by atoms with Gasteiger partial charge in [0, 0.05) is 27.3 Å². The summed E-state index contributed by atoms with van der Waals surface area (Å²) in [6, 6.07) is 10.1. The van der Waals surface area contributed by atoms with E-state index in [2.05, 4.69) is 22.4 Å². The van der Waals surface area contributed by atoms with Crippen molar-refractivity contribution in [2.24, 2.45) is 7.05 Å². The van der Waals surface area contributed by atoms with Crippen LogP contribution in [0.3, 0.4) is 0 Å². The van der Waals surface area contributed by atoms with Gasteiger partial charge in [-0.1, -0.05) is 42.1 Å². The summed E-state index contributed by atoms with van der Waals surface area (Å²) in [6.45, 7) is 3.18. The fraction of sp³-hybridized carbons (Fsp3) is 0.412. The minimum Gasteiger partial charge on any atom is -0.385 e. The number of hydrogen-bond donors (Lipinski definition) is 1. The van der Waals surface area contributed by atoms with Crippen molar-refractivity contribution in [1.82, 2.24) is 14.9 Å². The molecule has 1 N–H and O–H groups in total. The molecule has 1 atom stereocenters. The van der Waals surface area contributed by atoms with E-state index >= 15 is 0 Å². The summed E-state index contributed by atoms with van der Waals surface area (Å²) in [7, 11) is 3.63.